The molecule has 3 rings (SSSR count). The van der Waals surface area contributed by atoms with Crippen LogP contribution >= 0.6 is 0 Å². The van der Waals surface area contributed by atoms with E-state index >= 15 is 0 Å². The predicted octanol–water partition coefficient (Wildman–Crippen LogP) is 3.62. The van der Waals surface area contributed by atoms with E-state index in [1.54, 1.807) is 0 Å². The van der Waals surface area contributed by atoms with Crippen molar-refractivity contribution in [3.8, 4) is 11.5 Å². The zero-order valence-electron chi connectivity index (χ0n) is 15.3. The Morgan fingerprint density at radius 1 is 1.21 bits per heavy atom. The highest BCUT2D eigenvalue weighted by atomic mass is 32.2. The highest BCUT2D eigenvalue weighted by Crippen LogP contribution is 2.35. The molecule has 0 amide bonds. The number of nitro benzene ring substituents is 1. The molecule has 1 aliphatic heterocycles. The number of nitrogens with zero attached hydrogens (tertiary/aromatic N) is 2. The van der Waals surface area contributed by atoms with Crippen LogP contribution in [0.1, 0.15) is 30.1 Å². The second-order valence-corrected chi connectivity index (χ2v) is 8.72. The van der Waals surface area contributed by atoms with E-state index in [2.05, 4.69) is 0 Å². The number of benzene rings is 2. The number of hydrogen-bond acceptors (Lipinski definition) is 6. The monoisotopic (exact) mass is 404 g/mol. The van der Waals surface area contributed by atoms with Crippen LogP contribution < -0.4 is 4.74 Å². The van der Waals surface area contributed by atoms with Gasteiger partial charge in [0.05, 0.1) is 9.82 Å². The number of rotatable bonds is 6. The van der Waals surface area contributed by atoms with E-state index in [0.29, 0.717) is 30.7 Å². The predicted molar refractivity (Wildman–Crippen MR) is 102 cm³/mol. The summed E-state index contributed by atoms with van der Waals surface area (Å²) in [5, 5.41) is 11.5. The molecule has 148 valence electrons. The van der Waals surface area contributed by atoms with Gasteiger partial charge in [0.2, 0.25) is 15.8 Å². The van der Waals surface area contributed by atoms with Gasteiger partial charge in [-0.1, -0.05) is 6.92 Å². The summed E-state index contributed by atoms with van der Waals surface area (Å²) in [6, 6.07) is 9.68. The lowest BCUT2D eigenvalue weighted by Crippen LogP contribution is -2.39. The lowest BCUT2D eigenvalue weighted by Gasteiger charge is -2.30. The smallest absolute Gasteiger partial charge is 0.312 e. The van der Waals surface area contributed by atoms with Crippen LogP contribution in [0.5, 0.6) is 11.5 Å². The van der Waals surface area contributed by atoms with Crippen molar-refractivity contribution in [2.45, 2.75) is 24.7 Å². The summed E-state index contributed by atoms with van der Waals surface area (Å²) in [5.74, 6) is 0.472. The quantitative estimate of drug-likeness (QED) is 0.413. The molecule has 1 heterocycles. The van der Waals surface area contributed by atoms with Crippen LogP contribution in [0.4, 0.5) is 5.69 Å². The molecule has 8 nitrogen and oxygen atoms in total. The number of piperidine rings is 1. The van der Waals surface area contributed by atoms with Crippen LogP contribution in [0.15, 0.2) is 47.4 Å². The van der Waals surface area contributed by atoms with Crippen molar-refractivity contribution in [2.75, 3.05) is 13.1 Å². The number of nitro groups is 1. The lowest BCUT2D eigenvalue weighted by molar-refractivity contribution is -0.385. The first-order valence-electron chi connectivity index (χ1n) is 8.83. The van der Waals surface area contributed by atoms with E-state index in [-0.39, 0.29) is 16.6 Å². The summed E-state index contributed by atoms with van der Waals surface area (Å²) >= 11 is 0. The zero-order chi connectivity index (χ0) is 20.3. The molecule has 9 heteroatoms. The summed E-state index contributed by atoms with van der Waals surface area (Å²) in [7, 11) is -3.82. The van der Waals surface area contributed by atoms with Gasteiger partial charge in [-0.05, 0) is 55.2 Å². The first kappa shape index (κ1) is 20.0. The van der Waals surface area contributed by atoms with Gasteiger partial charge in [0, 0.05) is 24.7 Å². The molecule has 1 aliphatic rings. The Balaban J connectivity index is 1.92. The van der Waals surface area contributed by atoms with Crippen LogP contribution in [0.3, 0.4) is 0 Å². The molecule has 2 aromatic rings. The number of carbonyl (C=O) groups is 1. The number of ether oxygens (including phenoxy) is 1. The third-order valence-electron chi connectivity index (χ3n) is 4.63. The summed E-state index contributed by atoms with van der Waals surface area (Å²) in [6.07, 6.45) is 2.40. The number of carbonyl (C=O) groups excluding carboxylic acids is 1. The molecule has 0 aromatic heterocycles. The molecule has 1 saturated heterocycles. The SMILES string of the molecule is C[C@H]1CCCN(S(=O)(=O)c2ccc(Oc3ccc(C=O)cc3)c([N+](=O)[O-])c2)C1. The maximum Gasteiger partial charge on any atom is 0.312 e. The van der Waals surface area contributed by atoms with Crippen molar-refractivity contribution in [3.63, 3.8) is 0 Å². The molecule has 1 atom stereocenters. The second kappa shape index (κ2) is 8.07. The van der Waals surface area contributed by atoms with Crippen molar-refractivity contribution in [3.05, 3.63) is 58.1 Å². The molecule has 0 aliphatic carbocycles. The van der Waals surface area contributed by atoms with Gasteiger partial charge >= 0.3 is 5.69 Å². The topological polar surface area (TPSA) is 107 Å². The maximum absolute atomic E-state index is 12.9. The van der Waals surface area contributed by atoms with Crippen molar-refractivity contribution < 1.29 is 22.9 Å². The van der Waals surface area contributed by atoms with E-state index in [9.17, 15) is 23.3 Å². The van der Waals surface area contributed by atoms with Crippen LogP contribution in [-0.4, -0.2) is 37.0 Å². The first-order chi connectivity index (χ1) is 13.3. The normalized spacial score (nSPS) is 17.8. The number of aldehydes is 1. The fourth-order valence-electron chi connectivity index (χ4n) is 3.14. The van der Waals surface area contributed by atoms with Gasteiger partial charge in [0.25, 0.3) is 0 Å². The van der Waals surface area contributed by atoms with E-state index in [0.717, 1.165) is 18.9 Å². The maximum atomic E-state index is 12.9. The summed E-state index contributed by atoms with van der Waals surface area (Å²) in [6.45, 7) is 2.79. The van der Waals surface area contributed by atoms with Crippen molar-refractivity contribution in [1.82, 2.24) is 4.31 Å². The Morgan fingerprint density at radius 2 is 1.93 bits per heavy atom. The van der Waals surface area contributed by atoms with Crippen molar-refractivity contribution in [2.24, 2.45) is 5.92 Å². The first-order valence-corrected chi connectivity index (χ1v) is 10.3. The van der Waals surface area contributed by atoms with Crippen LogP contribution in [-0.2, 0) is 10.0 Å². The molecule has 0 radical (unpaired) electrons. The van der Waals surface area contributed by atoms with E-state index in [4.69, 9.17) is 4.74 Å². The Kier molecular flexibility index (Phi) is 5.76. The van der Waals surface area contributed by atoms with E-state index in [1.165, 1.54) is 40.7 Å². The van der Waals surface area contributed by atoms with Gasteiger partial charge in [-0.2, -0.15) is 4.31 Å². The minimum Gasteiger partial charge on any atom is -0.450 e. The molecule has 0 unspecified atom stereocenters. The fraction of sp³-hybridized carbons (Fsp3) is 0.316. The third-order valence-corrected chi connectivity index (χ3v) is 6.49. The Bertz CT molecular complexity index is 988. The highest BCUT2D eigenvalue weighted by Gasteiger charge is 2.31. The van der Waals surface area contributed by atoms with Gasteiger partial charge in [-0.15, -0.1) is 0 Å². The second-order valence-electron chi connectivity index (χ2n) is 6.79. The highest BCUT2D eigenvalue weighted by molar-refractivity contribution is 7.89. The van der Waals surface area contributed by atoms with Crippen LogP contribution in [0, 0.1) is 16.0 Å². The standard InChI is InChI=1S/C19H20N2O6S/c1-14-3-2-10-20(12-14)28(25,26)17-8-9-19(18(11-17)21(23)24)27-16-6-4-15(13-22)5-7-16/h4-9,11,13-14H,2-3,10,12H2,1H3/t14-/m0/s1. The molecular weight excluding hydrogens is 384 g/mol. The minimum absolute atomic E-state index is 0.0742. The van der Waals surface area contributed by atoms with Crippen LogP contribution in [0.2, 0.25) is 0 Å². The largest absolute Gasteiger partial charge is 0.450 e. The zero-order valence-corrected chi connectivity index (χ0v) is 16.1. The Labute approximate surface area is 162 Å². The minimum atomic E-state index is -3.82. The van der Waals surface area contributed by atoms with Crippen molar-refractivity contribution in [1.29, 1.82) is 0 Å². The molecule has 0 spiro atoms. The Hall–Kier alpha value is -2.78. The van der Waals surface area contributed by atoms with Crippen LogP contribution in [0.25, 0.3) is 0 Å². The molecule has 28 heavy (non-hydrogen) atoms. The Morgan fingerprint density at radius 3 is 2.54 bits per heavy atom. The van der Waals surface area contributed by atoms with Gasteiger partial charge in [0.15, 0.2) is 0 Å². The average molecular weight is 404 g/mol. The van der Waals surface area contributed by atoms with Gasteiger partial charge in [0.1, 0.15) is 12.0 Å². The van der Waals surface area contributed by atoms with Gasteiger partial charge in [-0.3, -0.25) is 14.9 Å². The average Bonchev–Trinajstić information content (AvgIpc) is 2.68. The molecule has 2 aromatic carbocycles. The molecule has 0 bridgehead atoms. The summed E-state index contributed by atoms with van der Waals surface area (Å²) in [4.78, 5) is 21.4. The van der Waals surface area contributed by atoms with Gasteiger partial charge in [-0.25, -0.2) is 8.42 Å². The molecule has 0 N–H and O–H groups in total. The number of sulfonamides is 1. The number of hydrogen-bond donors (Lipinski definition) is 0. The summed E-state index contributed by atoms with van der Waals surface area (Å²) < 4.78 is 32.7. The molecule has 0 saturated carbocycles. The van der Waals surface area contributed by atoms with Gasteiger partial charge < -0.3 is 4.74 Å². The van der Waals surface area contributed by atoms with Crippen molar-refractivity contribution >= 4 is 22.0 Å². The molecular formula is C19H20N2O6S. The fourth-order valence-corrected chi connectivity index (χ4v) is 4.76. The van der Waals surface area contributed by atoms with E-state index < -0.39 is 20.6 Å². The third kappa shape index (κ3) is 4.20. The van der Waals surface area contributed by atoms with E-state index in [1.807, 2.05) is 6.92 Å². The lowest BCUT2D eigenvalue weighted by atomic mass is 10.0. The summed E-state index contributed by atoms with van der Waals surface area (Å²) in [5.41, 5.74) is 0.00430. The molecule has 1 fully saturated rings.